The molecule has 1 unspecified atom stereocenters. The number of hydrogen-bond donors (Lipinski definition) is 2. The Labute approximate surface area is 141 Å². The Hall–Kier alpha value is -1.92. The van der Waals surface area contributed by atoms with Crippen molar-refractivity contribution in [3.05, 3.63) is 53.8 Å². The molecule has 2 aliphatic rings. The van der Waals surface area contributed by atoms with Crippen molar-refractivity contribution >= 4 is 15.5 Å². The van der Waals surface area contributed by atoms with Crippen LogP contribution in [0.4, 0.5) is 10.1 Å². The normalized spacial score (nSPS) is 23.0. The van der Waals surface area contributed by atoms with Gasteiger partial charge in [-0.1, -0.05) is 0 Å². The lowest BCUT2D eigenvalue weighted by Crippen LogP contribution is -2.21. The average molecular weight is 346 g/mol. The van der Waals surface area contributed by atoms with Crippen LogP contribution in [-0.2, 0) is 9.84 Å². The second-order valence-corrected chi connectivity index (χ2v) is 8.34. The van der Waals surface area contributed by atoms with Crippen molar-refractivity contribution < 1.29 is 12.8 Å². The minimum atomic E-state index is -3.63. The fraction of sp³-hybridized carbons (Fsp3) is 0.333. The maximum Gasteiger partial charge on any atom is 0.206 e. The zero-order valence-corrected chi connectivity index (χ0v) is 13.9. The quantitative estimate of drug-likeness (QED) is 0.821. The second-order valence-electron chi connectivity index (χ2n) is 6.39. The van der Waals surface area contributed by atoms with Gasteiger partial charge in [-0.05, 0) is 74.0 Å². The maximum absolute atomic E-state index is 13.1. The molecule has 2 aromatic rings. The summed E-state index contributed by atoms with van der Waals surface area (Å²) in [5.41, 5.74) is 2.11. The van der Waals surface area contributed by atoms with Gasteiger partial charge in [0.05, 0.1) is 9.79 Å². The molecule has 0 radical (unpaired) electrons. The number of anilines is 1. The van der Waals surface area contributed by atoms with Crippen LogP contribution in [0.3, 0.4) is 0 Å². The highest BCUT2D eigenvalue weighted by atomic mass is 32.2. The fourth-order valence-electron chi connectivity index (χ4n) is 3.68. The summed E-state index contributed by atoms with van der Waals surface area (Å²) in [4.78, 5) is 0.390. The van der Waals surface area contributed by atoms with E-state index in [0.717, 1.165) is 37.2 Å². The highest BCUT2D eigenvalue weighted by Gasteiger charge is 2.34. The minimum Gasteiger partial charge on any atom is -0.381 e. The van der Waals surface area contributed by atoms with Crippen LogP contribution in [0, 0.1) is 5.82 Å². The Bertz CT molecular complexity index is 865. The molecule has 2 N–H and O–H groups in total. The Kier molecular flexibility index (Phi) is 3.81. The standard InChI is InChI=1S/C18H19FN2O2S/c19-12-1-3-13(4-2-12)24(22,23)14-5-6-17-16(11-14)15-7-9-20-10-8-18(15)21-17/h1-6,11,15,18,20-21H,7-10H2/t15-,18?/m1/s1. The Morgan fingerprint density at radius 1 is 0.958 bits per heavy atom. The van der Waals surface area contributed by atoms with Crippen molar-refractivity contribution in [1.82, 2.24) is 5.32 Å². The van der Waals surface area contributed by atoms with Crippen LogP contribution in [0.5, 0.6) is 0 Å². The van der Waals surface area contributed by atoms with Crippen molar-refractivity contribution in [2.24, 2.45) is 0 Å². The lowest BCUT2D eigenvalue weighted by atomic mass is 9.91. The molecule has 0 saturated carbocycles. The molecule has 2 atom stereocenters. The van der Waals surface area contributed by atoms with Gasteiger partial charge in [0, 0.05) is 17.6 Å². The van der Waals surface area contributed by atoms with Gasteiger partial charge in [0.2, 0.25) is 9.84 Å². The van der Waals surface area contributed by atoms with Crippen LogP contribution in [0.25, 0.3) is 0 Å². The molecule has 1 fully saturated rings. The van der Waals surface area contributed by atoms with Gasteiger partial charge in [-0.25, -0.2) is 12.8 Å². The molecule has 2 aliphatic heterocycles. The van der Waals surface area contributed by atoms with Gasteiger partial charge in [-0.2, -0.15) is 0 Å². The molecule has 0 aromatic heterocycles. The molecule has 0 amide bonds. The van der Waals surface area contributed by atoms with E-state index in [4.69, 9.17) is 0 Å². The van der Waals surface area contributed by atoms with Crippen molar-refractivity contribution in [2.45, 2.75) is 34.6 Å². The molecular weight excluding hydrogens is 327 g/mol. The van der Waals surface area contributed by atoms with Gasteiger partial charge >= 0.3 is 0 Å². The van der Waals surface area contributed by atoms with Gasteiger partial charge in [-0.15, -0.1) is 0 Å². The number of halogens is 1. The van der Waals surface area contributed by atoms with E-state index in [1.54, 1.807) is 12.1 Å². The highest BCUT2D eigenvalue weighted by Crippen LogP contribution is 2.41. The van der Waals surface area contributed by atoms with Crippen LogP contribution in [-0.4, -0.2) is 27.5 Å². The van der Waals surface area contributed by atoms with E-state index in [1.165, 1.54) is 24.3 Å². The third-order valence-electron chi connectivity index (χ3n) is 4.95. The number of benzene rings is 2. The lowest BCUT2D eigenvalue weighted by molar-refractivity contribution is 0.576. The van der Waals surface area contributed by atoms with Gasteiger partial charge in [0.1, 0.15) is 5.82 Å². The first kappa shape index (κ1) is 15.6. The van der Waals surface area contributed by atoms with Crippen LogP contribution in [0.15, 0.2) is 52.3 Å². The van der Waals surface area contributed by atoms with Gasteiger partial charge in [0.25, 0.3) is 0 Å². The van der Waals surface area contributed by atoms with Gasteiger partial charge in [-0.3, -0.25) is 0 Å². The summed E-state index contributed by atoms with van der Waals surface area (Å²) in [6, 6.07) is 10.6. The third kappa shape index (κ3) is 2.59. The largest absolute Gasteiger partial charge is 0.381 e. The molecule has 1 saturated heterocycles. The molecule has 0 bridgehead atoms. The van der Waals surface area contributed by atoms with Crippen LogP contribution in [0.1, 0.15) is 24.3 Å². The van der Waals surface area contributed by atoms with E-state index in [-0.39, 0.29) is 9.79 Å². The Balaban J connectivity index is 1.73. The first-order valence-electron chi connectivity index (χ1n) is 8.17. The minimum absolute atomic E-state index is 0.119. The van der Waals surface area contributed by atoms with E-state index in [0.29, 0.717) is 12.0 Å². The molecule has 126 valence electrons. The van der Waals surface area contributed by atoms with Crippen molar-refractivity contribution in [3.63, 3.8) is 0 Å². The number of sulfone groups is 1. The maximum atomic E-state index is 13.1. The van der Waals surface area contributed by atoms with Gasteiger partial charge in [0.15, 0.2) is 0 Å². The van der Waals surface area contributed by atoms with E-state index in [9.17, 15) is 12.8 Å². The van der Waals surface area contributed by atoms with Gasteiger partial charge < -0.3 is 10.6 Å². The summed E-state index contributed by atoms with van der Waals surface area (Å²) in [6.45, 7) is 1.92. The lowest BCUT2D eigenvalue weighted by Gasteiger charge is -2.16. The summed E-state index contributed by atoms with van der Waals surface area (Å²) >= 11 is 0. The molecule has 6 heteroatoms. The van der Waals surface area contributed by atoms with Crippen molar-refractivity contribution in [1.29, 1.82) is 0 Å². The van der Waals surface area contributed by atoms with Crippen LogP contribution >= 0.6 is 0 Å². The Morgan fingerprint density at radius 3 is 2.46 bits per heavy atom. The summed E-state index contributed by atoms with van der Waals surface area (Å²) in [6.07, 6.45) is 2.02. The summed E-state index contributed by atoms with van der Waals surface area (Å²) in [5, 5.41) is 6.91. The number of nitrogens with one attached hydrogen (secondary N) is 2. The molecule has 4 nitrogen and oxygen atoms in total. The predicted octanol–water partition coefficient (Wildman–Crippen LogP) is 2.92. The average Bonchev–Trinajstić information content (AvgIpc) is 2.75. The smallest absolute Gasteiger partial charge is 0.206 e. The molecule has 4 rings (SSSR count). The van der Waals surface area contributed by atoms with Crippen LogP contribution in [0.2, 0.25) is 0 Å². The highest BCUT2D eigenvalue weighted by molar-refractivity contribution is 7.91. The van der Waals surface area contributed by atoms with E-state index in [1.807, 2.05) is 6.07 Å². The summed E-state index contributed by atoms with van der Waals surface area (Å²) in [5.74, 6) is -0.112. The zero-order chi connectivity index (χ0) is 16.7. The molecule has 24 heavy (non-hydrogen) atoms. The SMILES string of the molecule is O=S(=O)(c1ccc(F)cc1)c1ccc2c(c1)[C@H]1CCNCCC1N2. The van der Waals surface area contributed by atoms with Crippen molar-refractivity contribution in [2.75, 3.05) is 18.4 Å². The fourth-order valence-corrected chi connectivity index (χ4v) is 4.98. The monoisotopic (exact) mass is 346 g/mol. The third-order valence-corrected chi connectivity index (χ3v) is 6.71. The van der Waals surface area contributed by atoms with E-state index < -0.39 is 15.7 Å². The Morgan fingerprint density at radius 2 is 1.67 bits per heavy atom. The molecular formula is C18H19FN2O2S. The van der Waals surface area contributed by atoms with E-state index >= 15 is 0 Å². The number of fused-ring (bicyclic) bond motifs is 3. The molecule has 2 heterocycles. The molecule has 0 spiro atoms. The molecule has 0 aliphatic carbocycles. The second kappa shape index (κ2) is 5.86. The summed E-state index contributed by atoms with van der Waals surface area (Å²) in [7, 11) is -3.63. The first-order valence-corrected chi connectivity index (χ1v) is 9.66. The summed E-state index contributed by atoms with van der Waals surface area (Å²) < 4.78 is 38.7. The predicted molar refractivity (Wildman–Crippen MR) is 90.5 cm³/mol. The number of hydrogen-bond acceptors (Lipinski definition) is 4. The van der Waals surface area contributed by atoms with Crippen molar-refractivity contribution in [3.8, 4) is 0 Å². The number of rotatable bonds is 2. The zero-order valence-electron chi connectivity index (χ0n) is 13.1. The van der Waals surface area contributed by atoms with Crippen LogP contribution < -0.4 is 10.6 Å². The topological polar surface area (TPSA) is 58.2 Å². The molecule has 2 aromatic carbocycles. The first-order chi connectivity index (χ1) is 11.6. The van der Waals surface area contributed by atoms with E-state index in [2.05, 4.69) is 10.6 Å².